The Balaban J connectivity index is 2.09. The van der Waals surface area contributed by atoms with Gasteiger partial charge in [0.1, 0.15) is 11.5 Å². The number of aromatic nitrogens is 2. The molecule has 0 unspecified atom stereocenters. The summed E-state index contributed by atoms with van der Waals surface area (Å²) < 4.78 is 20.2. The molecule has 0 atom stereocenters. The Labute approximate surface area is 89.9 Å². The SMILES string of the molecule is O=C(Cc1ccc(F)cc1)c1cnsn1. The van der Waals surface area contributed by atoms with Crippen molar-refractivity contribution < 1.29 is 9.18 Å². The van der Waals surface area contributed by atoms with Crippen LogP contribution in [0.2, 0.25) is 0 Å². The molecule has 1 aromatic carbocycles. The van der Waals surface area contributed by atoms with Crippen LogP contribution in [0.25, 0.3) is 0 Å². The molecule has 0 amide bonds. The molecule has 76 valence electrons. The molecule has 3 nitrogen and oxygen atoms in total. The summed E-state index contributed by atoms with van der Waals surface area (Å²) in [6.07, 6.45) is 1.67. The van der Waals surface area contributed by atoms with Gasteiger partial charge in [-0.15, -0.1) is 0 Å². The van der Waals surface area contributed by atoms with Gasteiger partial charge in [0.2, 0.25) is 0 Å². The van der Waals surface area contributed by atoms with Crippen LogP contribution in [0, 0.1) is 5.82 Å². The van der Waals surface area contributed by atoms with Crippen molar-refractivity contribution >= 4 is 17.5 Å². The van der Waals surface area contributed by atoms with Crippen LogP contribution in [0.5, 0.6) is 0 Å². The first-order valence-corrected chi connectivity index (χ1v) is 5.04. The monoisotopic (exact) mass is 222 g/mol. The fourth-order valence-electron chi connectivity index (χ4n) is 1.17. The molecule has 15 heavy (non-hydrogen) atoms. The molecular weight excluding hydrogens is 215 g/mol. The van der Waals surface area contributed by atoms with Crippen molar-refractivity contribution in [1.82, 2.24) is 8.75 Å². The fraction of sp³-hybridized carbons (Fsp3) is 0.100. The summed E-state index contributed by atoms with van der Waals surface area (Å²) in [6.45, 7) is 0. The van der Waals surface area contributed by atoms with Crippen molar-refractivity contribution in [1.29, 1.82) is 0 Å². The highest BCUT2D eigenvalue weighted by Crippen LogP contribution is 2.07. The van der Waals surface area contributed by atoms with E-state index in [0.717, 1.165) is 17.3 Å². The Morgan fingerprint density at radius 1 is 1.33 bits per heavy atom. The van der Waals surface area contributed by atoms with Crippen LogP contribution in [-0.4, -0.2) is 14.5 Å². The molecule has 0 radical (unpaired) electrons. The zero-order chi connectivity index (χ0) is 10.7. The van der Waals surface area contributed by atoms with Gasteiger partial charge in [-0.25, -0.2) is 4.39 Å². The van der Waals surface area contributed by atoms with E-state index in [1.54, 1.807) is 12.1 Å². The number of carbonyl (C=O) groups excluding carboxylic acids is 1. The summed E-state index contributed by atoms with van der Waals surface area (Å²) in [4.78, 5) is 11.6. The molecule has 0 fully saturated rings. The van der Waals surface area contributed by atoms with E-state index in [1.807, 2.05) is 0 Å². The lowest BCUT2D eigenvalue weighted by Gasteiger charge is -1.97. The van der Waals surface area contributed by atoms with Gasteiger partial charge in [-0.2, -0.15) is 8.75 Å². The summed E-state index contributed by atoms with van der Waals surface area (Å²) >= 11 is 1.00. The Morgan fingerprint density at radius 3 is 2.67 bits per heavy atom. The molecule has 2 rings (SSSR count). The number of nitrogens with zero attached hydrogens (tertiary/aromatic N) is 2. The number of halogens is 1. The van der Waals surface area contributed by atoms with Gasteiger partial charge in [0.25, 0.3) is 0 Å². The highest BCUT2D eigenvalue weighted by atomic mass is 32.1. The van der Waals surface area contributed by atoms with Crippen molar-refractivity contribution in [2.45, 2.75) is 6.42 Å². The number of carbonyl (C=O) groups is 1. The molecule has 0 N–H and O–H groups in total. The molecule has 0 saturated carbocycles. The maximum atomic E-state index is 12.6. The van der Waals surface area contributed by atoms with E-state index >= 15 is 0 Å². The first kappa shape index (κ1) is 9.92. The van der Waals surface area contributed by atoms with E-state index in [9.17, 15) is 9.18 Å². The van der Waals surface area contributed by atoms with Crippen molar-refractivity contribution in [3.05, 3.63) is 47.5 Å². The second-order valence-electron chi connectivity index (χ2n) is 3.02. The average Bonchev–Trinajstić information content (AvgIpc) is 2.74. The van der Waals surface area contributed by atoms with Crippen molar-refractivity contribution in [3.8, 4) is 0 Å². The number of ketones is 1. The van der Waals surface area contributed by atoms with Crippen LogP contribution in [0.4, 0.5) is 4.39 Å². The predicted molar refractivity (Wildman–Crippen MR) is 54.3 cm³/mol. The fourth-order valence-corrected chi connectivity index (χ4v) is 1.60. The van der Waals surface area contributed by atoms with Crippen LogP contribution in [0.1, 0.15) is 16.1 Å². The molecular formula is C10H7FN2OS. The Kier molecular flexibility index (Phi) is 2.82. The van der Waals surface area contributed by atoms with Crippen molar-refractivity contribution in [2.75, 3.05) is 0 Å². The highest BCUT2D eigenvalue weighted by molar-refractivity contribution is 6.99. The average molecular weight is 222 g/mol. The summed E-state index contributed by atoms with van der Waals surface area (Å²) in [5.74, 6) is -0.406. The van der Waals surface area contributed by atoms with E-state index in [0.29, 0.717) is 5.69 Å². The standard InChI is InChI=1S/C10H7FN2OS/c11-8-3-1-7(2-4-8)5-10(14)9-6-12-15-13-9/h1-4,6H,5H2. The van der Waals surface area contributed by atoms with Crippen LogP contribution < -0.4 is 0 Å². The maximum absolute atomic E-state index is 12.6. The minimum absolute atomic E-state index is 0.102. The summed E-state index contributed by atoms with van der Waals surface area (Å²) in [7, 11) is 0. The Hall–Kier alpha value is -1.62. The molecule has 5 heteroatoms. The molecule has 0 spiro atoms. The number of benzene rings is 1. The zero-order valence-electron chi connectivity index (χ0n) is 7.68. The highest BCUT2D eigenvalue weighted by Gasteiger charge is 2.09. The molecule has 1 heterocycles. The summed E-state index contributed by atoms with van der Waals surface area (Å²) in [6, 6.07) is 5.85. The maximum Gasteiger partial charge on any atom is 0.188 e. The van der Waals surface area contributed by atoms with Crippen LogP contribution >= 0.6 is 11.7 Å². The topological polar surface area (TPSA) is 42.9 Å². The van der Waals surface area contributed by atoms with Crippen molar-refractivity contribution in [3.63, 3.8) is 0 Å². The van der Waals surface area contributed by atoms with E-state index < -0.39 is 0 Å². The molecule has 0 aliphatic rings. The van der Waals surface area contributed by atoms with Crippen LogP contribution in [-0.2, 0) is 6.42 Å². The second-order valence-corrected chi connectivity index (χ2v) is 3.58. The van der Waals surface area contributed by atoms with Gasteiger partial charge < -0.3 is 0 Å². The van der Waals surface area contributed by atoms with Crippen LogP contribution in [0.15, 0.2) is 30.5 Å². The lowest BCUT2D eigenvalue weighted by molar-refractivity contribution is 0.0989. The minimum atomic E-state index is -0.304. The van der Waals surface area contributed by atoms with Crippen LogP contribution in [0.3, 0.4) is 0 Å². The lowest BCUT2D eigenvalue weighted by atomic mass is 10.1. The van der Waals surface area contributed by atoms with E-state index in [1.165, 1.54) is 18.3 Å². The third-order valence-corrected chi connectivity index (χ3v) is 2.40. The van der Waals surface area contributed by atoms with Gasteiger partial charge >= 0.3 is 0 Å². The van der Waals surface area contributed by atoms with E-state index in [4.69, 9.17) is 0 Å². The second kappa shape index (κ2) is 4.27. The van der Waals surface area contributed by atoms with Gasteiger partial charge in [-0.05, 0) is 17.7 Å². The third-order valence-electron chi connectivity index (χ3n) is 1.92. The lowest BCUT2D eigenvalue weighted by Crippen LogP contribution is -2.03. The van der Waals surface area contributed by atoms with Gasteiger partial charge in [-0.3, -0.25) is 4.79 Å². The first-order valence-electron chi connectivity index (χ1n) is 4.31. The molecule has 0 aliphatic heterocycles. The summed E-state index contributed by atoms with van der Waals surface area (Å²) in [5, 5.41) is 0. The Bertz CT molecular complexity index is 453. The van der Waals surface area contributed by atoms with Gasteiger partial charge in [-0.1, -0.05) is 12.1 Å². The van der Waals surface area contributed by atoms with Gasteiger partial charge in [0, 0.05) is 6.42 Å². The number of rotatable bonds is 3. The Morgan fingerprint density at radius 2 is 2.07 bits per heavy atom. The number of hydrogen-bond donors (Lipinski definition) is 0. The molecule has 2 aromatic rings. The molecule has 0 saturated heterocycles. The van der Waals surface area contributed by atoms with Gasteiger partial charge in [0.05, 0.1) is 17.9 Å². The molecule has 0 bridgehead atoms. The quantitative estimate of drug-likeness (QED) is 0.747. The largest absolute Gasteiger partial charge is 0.292 e. The van der Waals surface area contributed by atoms with E-state index in [2.05, 4.69) is 8.75 Å². The van der Waals surface area contributed by atoms with Crippen molar-refractivity contribution in [2.24, 2.45) is 0 Å². The third kappa shape index (κ3) is 2.44. The normalized spacial score (nSPS) is 10.2. The first-order chi connectivity index (χ1) is 7.25. The molecule has 0 aliphatic carbocycles. The van der Waals surface area contributed by atoms with Gasteiger partial charge in [0.15, 0.2) is 5.78 Å². The molecule has 1 aromatic heterocycles. The smallest absolute Gasteiger partial charge is 0.188 e. The number of hydrogen-bond acceptors (Lipinski definition) is 4. The summed E-state index contributed by atoms with van der Waals surface area (Å²) in [5.41, 5.74) is 1.14. The number of Topliss-reactive ketones (excluding diaryl/α,β-unsaturated/α-hetero) is 1. The van der Waals surface area contributed by atoms with E-state index in [-0.39, 0.29) is 18.0 Å². The minimum Gasteiger partial charge on any atom is -0.292 e. The zero-order valence-corrected chi connectivity index (χ0v) is 8.50. The predicted octanol–water partition coefficient (Wildman–Crippen LogP) is 2.10.